The molecule has 8 fully saturated rings. The molecule has 8 heterocycles. The molecule has 14 amide bonds. The van der Waals surface area contributed by atoms with Crippen LogP contribution in [0, 0.1) is 61.3 Å². The first-order valence-corrected chi connectivity index (χ1v) is 39.7. The number of anilines is 2. The minimum absolute atomic E-state index is 0.0167. The van der Waals surface area contributed by atoms with Gasteiger partial charge in [0.1, 0.15) is 109 Å². The number of carbonyl (C=O) groups excluding carboxylic acids is 14. The van der Waals surface area contributed by atoms with Gasteiger partial charge in [0.2, 0.25) is 59.1 Å². The summed E-state index contributed by atoms with van der Waals surface area (Å²) < 4.78 is 71.2. The van der Waals surface area contributed by atoms with E-state index >= 15 is 24.0 Å². The van der Waals surface area contributed by atoms with E-state index in [1.54, 1.807) is 56.3 Å². The minimum atomic E-state index is -1.82. The Morgan fingerprint density at radius 1 is 0.483 bits per heavy atom. The molecule has 0 radical (unpaired) electrons. The number of rotatable bonds is 14. The third-order valence-corrected chi connectivity index (χ3v) is 23.5. The van der Waals surface area contributed by atoms with Crippen LogP contribution < -0.4 is 42.5 Å². The summed E-state index contributed by atoms with van der Waals surface area (Å²) in [5.41, 5.74) is 2.03. The van der Waals surface area contributed by atoms with Crippen LogP contribution in [0.5, 0.6) is 0 Å². The van der Waals surface area contributed by atoms with Crippen LogP contribution in [0.3, 0.4) is 0 Å². The lowest BCUT2D eigenvalue weighted by Gasteiger charge is -2.43. The van der Waals surface area contributed by atoms with Crippen LogP contribution in [-0.2, 0) is 79.8 Å². The zero-order chi connectivity index (χ0) is 83.3. The highest BCUT2D eigenvalue weighted by molar-refractivity contribution is 6.01. The molecular formula is C82H100F4N14O16. The number of hydrogen-bond acceptors (Lipinski definition) is 16. The lowest BCUT2D eigenvalue weighted by atomic mass is 9.75. The van der Waals surface area contributed by atoms with Gasteiger partial charge in [-0.05, 0) is 200 Å². The second-order valence-corrected chi connectivity index (χ2v) is 32.7. The van der Waals surface area contributed by atoms with Crippen molar-refractivity contribution in [1.29, 1.82) is 0 Å². The highest BCUT2D eigenvalue weighted by Gasteiger charge is 2.53. The van der Waals surface area contributed by atoms with Gasteiger partial charge < -0.3 is 81.4 Å². The van der Waals surface area contributed by atoms with Crippen molar-refractivity contribution in [3.05, 3.63) is 130 Å². The lowest BCUT2D eigenvalue weighted by molar-refractivity contribution is -0.159. The Hall–Kier alpha value is -11.2. The Labute approximate surface area is 668 Å². The standard InChI is InChI=1S/C82H100F4N14O16/c1-43-15-19-56(20-16-43)89-80(113)93-58(32-50-28-52(83)34-53(84)29-50)68(101)92-61-41-116-79(112)67-37-82(7,42-100(67)73(106)48(6)88-70(103)62-12-8-9-23-95(62)76(109)64-13-10-24-96(64)74(61)107)36-49-18-22-63-71(104)87-47(5)72(105)98-38-44(2)26-66(98)78(111)115-40-60(75(108)97-25-11-14-65(97)77(110)99(63)39-49)91-69(102)59(33-51-30-54(85)35-55(86)31-51)94-81(114)90-57-21-17-45(3)46(4)27-57/h15-17,19-21,27-31,34-35,44,47-49,58-67H,8-14,18,22-26,32-33,36-42H2,1-7H3,(H,87,104)(H,88,103)(H,91,102)(H,92,101)(H2,89,93,113)(H2,90,94,114)/t44-,47-,48-,49?,58-,59-,60-,61-,62-,63-,64-,65-,66-,67-,82-/m0/s1. The third kappa shape index (κ3) is 19.6. The number of urea groups is 2. The highest BCUT2D eigenvalue weighted by atomic mass is 19.1. The number of piperidine rings is 2. The molecule has 622 valence electrons. The molecule has 12 rings (SSSR count). The number of halogens is 4. The molecule has 30 nitrogen and oxygen atoms in total. The molecule has 0 bridgehead atoms. The first-order chi connectivity index (χ1) is 55.2. The highest BCUT2D eigenvalue weighted by Crippen LogP contribution is 2.44. The lowest BCUT2D eigenvalue weighted by Crippen LogP contribution is -2.62. The van der Waals surface area contributed by atoms with E-state index in [4.69, 9.17) is 9.47 Å². The first-order valence-electron chi connectivity index (χ1n) is 39.7. The molecule has 8 aliphatic heterocycles. The Balaban J connectivity index is 0.830. The molecule has 34 heteroatoms. The van der Waals surface area contributed by atoms with Crippen molar-refractivity contribution in [2.45, 2.75) is 211 Å². The van der Waals surface area contributed by atoms with E-state index in [9.17, 15) is 60.7 Å². The smallest absolute Gasteiger partial charge is 0.328 e. The molecule has 1 unspecified atom stereocenters. The minimum Gasteiger partial charge on any atom is -0.461 e. The molecule has 8 N–H and O–H groups in total. The number of esters is 2. The summed E-state index contributed by atoms with van der Waals surface area (Å²) in [5, 5.41) is 21.2. The Morgan fingerprint density at radius 3 is 1.47 bits per heavy atom. The molecule has 15 atom stereocenters. The number of benzene rings is 4. The maximum Gasteiger partial charge on any atom is 0.328 e. The third-order valence-electron chi connectivity index (χ3n) is 23.5. The number of aryl methyl sites for hydroxylation is 3. The van der Waals surface area contributed by atoms with Crippen molar-refractivity contribution in [3.63, 3.8) is 0 Å². The average Bonchev–Trinajstić information content (AvgIpc) is 1.57. The fourth-order valence-electron chi connectivity index (χ4n) is 17.6. The molecule has 0 aromatic heterocycles. The molecule has 4 aromatic rings. The van der Waals surface area contributed by atoms with Gasteiger partial charge in [0.25, 0.3) is 0 Å². The summed E-state index contributed by atoms with van der Waals surface area (Å²) in [6, 6.07) is -2.26. The van der Waals surface area contributed by atoms with Crippen molar-refractivity contribution < 1.29 is 94.2 Å². The van der Waals surface area contributed by atoms with E-state index in [1.165, 1.54) is 43.2 Å². The second-order valence-electron chi connectivity index (χ2n) is 32.7. The molecule has 8 saturated heterocycles. The van der Waals surface area contributed by atoms with E-state index in [0.717, 1.165) is 41.0 Å². The molecule has 116 heavy (non-hydrogen) atoms. The fourth-order valence-corrected chi connectivity index (χ4v) is 17.6. The van der Waals surface area contributed by atoms with Gasteiger partial charge in [-0.2, -0.15) is 0 Å². The zero-order valence-electron chi connectivity index (χ0n) is 65.9. The van der Waals surface area contributed by atoms with Crippen molar-refractivity contribution >= 4 is 94.4 Å². The van der Waals surface area contributed by atoms with Crippen molar-refractivity contribution in [2.24, 2.45) is 17.3 Å². The van der Waals surface area contributed by atoms with E-state index in [1.807, 2.05) is 20.8 Å². The second kappa shape index (κ2) is 35.9. The molecule has 0 spiro atoms. The van der Waals surface area contributed by atoms with Gasteiger partial charge in [0.15, 0.2) is 0 Å². The van der Waals surface area contributed by atoms with Gasteiger partial charge in [0.05, 0.1) is 0 Å². The maximum absolute atomic E-state index is 15.8. The normalized spacial score (nSPS) is 27.7. The Kier molecular flexibility index (Phi) is 26.0. The van der Waals surface area contributed by atoms with Crippen LogP contribution in [0.2, 0.25) is 0 Å². The van der Waals surface area contributed by atoms with Gasteiger partial charge in [0, 0.05) is 75.6 Å². The zero-order valence-corrected chi connectivity index (χ0v) is 65.9. The summed E-state index contributed by atoms with van der Waals surface area (Å²) in [6.45, 7) is 9.88. The van der Waals surface area contributed by atoms with Crippen LogP contribution >= 0.6 is 0 Å². The van der Waals surface area contributed by atoms with Crippen LogP contribution in [-0.4, -0.2) is 237 Å². The predicted molar refractivity (Wildman–Crippen MR) is 409 cm³/mol. The fraction of sp³-hybridized carbons (Fsp3) is 0.537. The largest absolute Gasteiger partial charge is 0.461 e. The van der Waals surface area contributed by atoms with Crippen LogP contribution in [0.15, 0.2) is 78.9 Å². The summed E-state index contributed by atoms with van der Waals surface area (Å²) in [7, 11) is 0. The van der Waals surface area contributed by atoms with Gasteiger partial charge in [-0.25, -0.2) is 36.7 Å². The molecule has 4 aromatic carbocycles. The Morgan fingerprint density at radius 2 is 0.940 bits per heavy atom. The van der Waals surface area contributed by atoms with Gasteiger partial charge >= 0.3 is 24.0 Å². The quantitative estimate of drug-likeness (QED) is 0.0630. The van der Waals surface area contributed by atoms with Gasteiger partial charge in [-0.15, -0.1) is 0 Å². The first kappa shape index (κ1) is 84.2. The van der Waals surface area contributed by atoms with E-state index in [-0.39, 0.29) is 114 Å². The number of fused-ring (bicyclic) bond motifs is 6. The molecule has 0 aliphatic carbocycles. The van der Waals surface area contributed by atoms with E-state index in [0.29, 0.717) is 42.8 Å². The summed E-state index contributed by atoms with van der Waals surface area (Å²) >= 11 is 0. The van der Waals surface area contributed by atoms with Crippen molar-refractivity contribution in [1.82, 2.24) is 61.3 Å². The average molecular weight is 1610 g/mol. The summed E-state index contributed by atoms with van der Waals surface area (Å²) in [6.07, 6.45) is 1.13. The number of amides is 14. The number of carbonyl (C=O) groups is 14. The van der Waals surface area contributed by atoms with Gasteiger partial charge in [-0.3, -0.25) is 47.9 Å². The summed E-state index contributed by atoms with van der Waals surface area (Å²) in [5.74, 6) is -14.9. The van der Waals surface area contributed by atoms with E-state index < -0.39 is 216 Å². The van der Waals surface area contributed by atoms with E-state index in [2.05, 4.69) is 42.5 Å². The number of nitrogens with one attached hydrogen (secondary N) is 8. The summed E-state index contributed by atoms with van der Waals surface area (Å²) in [4.78, 5) is 215. The topological polar surface area (TPSA) is 373 Å². The van der Waals surface area contributed by atoms with Crippen LogP contribution in [0.4, 0.5) is 38.5 Å². The Bertz CT molecular complexity index is 4480. The van der Waals surface area contributed by atoms with Crippen molar-refractivity contribution in [2.75, 3.05) is 63.1 Å². The number of hydrogen-bond donors (Lipinski definition) is 8. The predicted octanol–water partition coefficient (Wildman–Crippen LogP) is 4.63. The SMILES string of the molecule is Cc1ccc(NC(=O)N[C@@H](Cc2cc(F)cc(F)c2)C(=O)N[C@H]2COC(=O)[C@@H]3C[C@](C)(CC4CC[C@H]5C(=O)N[C@@H](C)C(=O)N6C[C@@H](C)C[C@H]6C(=O)OC[C@H](NC(=O)[C@H](Cc6cc(F)cc(F)c6)NC(=O)Nc6ccc(C)c(C)c6)C(=O)N6CCC[C@H]6C(=O)N5C4)CN3C(=O)[C@H](C)NC(=O)[C@@H]3CCCCN3C(=O)[C@@H]3CCCN3C2=O)cc1. The molecule has 8 aliphatic rings. The monoisotopic (exact) mass is 1610 g/mol. The number of ether oxygens (including phenoxy) is 2. The molecule has 0 saturated carbocycles. The van der Waals surface area contributed by atoms with Crippen molar-refractivity contribution in [3.8, 4) is 0 Å². The van der Waals surface area contributed by atoms with Crippen LogP contribution in [0.1, 0.15) is 133 Å². The maximum atomic E-state index is 15.8. The van der Waals surface area contributed by atoms with Gasteiger partial charge in [-0.1, -0.05) is 37.6 Å². The number of nitrogens with zero attached hydrogens (tertiary/aromatic N) is 6. The molecular weight excluding hydrogens is 1510 g/mol. The number of cyclic esters (lactones) is 2. The van der Waals surface area contributed by atoms with Crippen LogP contribution in [0.25, 0.3) is 0 Å².